The summed E-state index contributed by atoms with van der Waals surface area (Å²) in [6, 6.07) is 6.90. The van der Waals surface area contributed by atoms with E-state index < -0.39 is 10.0 Å². The summed E-state index contributed by atoms with van der Waals surface area (Å²) in [4.78, 5) is 14.8. The van der Waals surface area contributed by atoms with Gasteiger partial charge in [0.1, 0.15) is 0 Å². The number of piperidine rings is 1. The number of nitrogens with one attached hydrogen (secondary N) is 2. The Kier molecular flexibility index (Phi) is 8.09. The highest BCUT2D eigenvalue weighted by Crippen LogP contribution is 2.23. The van der Waals surface area contributed by atoms with Crippen LogP contribution in [0.1, 0.15) is 50.5 Å². The SMILES string of the molecule is Cc1ccc(S(=O)(=O)NC[C@H]2CCCN(CC(=O)NCC3CCCCC3)C2)cc1. The van der Waals surface area contributed by atoms with Crippen molar-refractivity contribution in [2.24, 2.45) is 11.8 Å². The van der Waals surface area contributed by atoms with E-state index in [1.165, 1.54) is 32.1 Å². The van der Waals surface area contributed by atoms with Gasteiger partial charge in [0.05, 0.1) is 11.4 Å². The summed E-state index contributed by atoms with van der Waals surface area (Å²) in [6.07, 6.45) is 8.33. The Balaban J connectivity index is 1.41. The third kappa shape index (κ3) is 7.08. The van der Waals surface area contributed by atoms with Crippen LogP contribution in [0.5, 0.6) is 0 Å². The molecule has 0 spiro atoms. The van der Waals surface area contributed by atoms with E-state index in [2.05, 4.69) is 14.9 Å². The van der Waals surface area contributed by atoms with Crippen molar-refractivity contribution in [3.63, 3.8) is 0 Å². The predicted molar refractivity (Wildman–Crippen MR) is 115 cm³/mol. The normalized spacial score (nSPS) is 21.8. The largest absolute Gasteiger partial charge is 0.355 e. The fourth-order valence-electron chi connectivity index (χ4n) is 4.40. The predicted octanol–water partition coefficient (Wildman–Crippen LogP) is 2.68. The molecule has 0 aromatic heterocycles. The average Bonchev–Trinajstić information content (AvgIpc) is 2.72. The van der Waals surface area contributed by atoms with Gasteiger partial charge in [-0.1, -0.05) is 37.0 Å². The molecular formula is C22H35N3O3S. The minimum atomic E-state index is -3.49. The Morgan fingerprint density at radius 2 is 1.69 bits per heavy atom. The summed E-state index contributed by atoms with van der Waals surface area (Å²) < 4.78 is 27.7. The van der Waals surface area contributed by atoms with Crippen molar-refractivity contribution in [1.29, 1.82) is 0 Å². The highest BCUT2D eigenvalue weighted by molar-refractivity contribution is 7.89. The van der Waals surface area contributed by atoms with E-state index in [-0.39, 0.29) is 11.8 Å². The van der Waals surface area contributed by atoms with Crippen LogP contribution in [0.25, 0.3) is 0 Å². The van der Waals surface area contributed by atoms with E-state index in [9.17, 15) is 13.2 Å². The van der Waals surface area contributed by atoms with Gasteiger partial charge in [0.25, 0.3) is 0 Å². The first-order valence-electron chi connectivity index (χ1n) is 11.0. The summed E-state index contributed by atoms with van der Waals surface area (Å²) in [7, 11) is -3.49. The number of aryl methyl sites for hydroxylation is 1. The van der Waals surface area contributed by atoms with E-state index in [0.717, 1.165) is 38.0 Å². The van der Waals surface area contributed by atoms with Crippen LogP contribution in [0, 0.1) is 18.8 Å². The lowest BCUT2D eigenvalue weighted by Gasteiger charge is -2.32. The number of benzene rings is 1. The summed E-state index contributed by atoms with van der Waals surface area (Å²) in [6.45, 7) is 5.22. The lowest BCUT2D eigenvalue weighted by molar-refractivity contribution is -0.122. The zero-order valence-electron chi connectivity index (χ0n) is 17.5. The number of rotatable bonds is 8. The summed E-state index contributed by atoms with van der Waals surface area (Å²) in [5, 5.41) is 3.10. The van der Waals surface area contributed by atoms with Crippen molar-refractivity contribution in [2.45, 2.75) is 56.8 Å². The standard InChI is InChI=1S/C22H35N3O3S/c1-18-9-11-21(12-10-18)29(27,28)24-15-20-8-5-13-25(16-20)17-22(26)23-14-19-6-3-2-4-7-19/h9-12,19-20,24H,2-8,13-17H2,1H3,(H,23,26)/t20-/m1/s1. The molecule has 0 radical (unpaired) electrons. The molecule has 162 valence electrons. The molecule has 1 amide bonds. The molecule has 2 aliphatic rings. The summed E-state index contributed by atoms with van der Waals surface area (Å²) in [5.41, 5.74) is 1.04. The second kappa shape index (κ2) is 10.5. The number of likely N-dealkylation sites (tertiary alicyclic amines) is 1. The van der Waals surface area contributed by atoms with E-state index in [1.54, 1.807) is 12.1 Å². The van der Waals surface area contributed by atoms with E-state index in [1.807, 2.05) is 19.1 Å². The fourth-order valence-corrected chi connectivity index (χ4v) is 5.51. The van der Waals surface area contributed by atoms with Crippen LogP contribution in [0.4, 0.5) is 0 Å². The topological polar surface area (TPSA) is 78.5 Å². The molecule has 1 heterocycles. The average molecular weight is 422 g/mol. The minimum Gasteiger partial charge on any atom is -0.355 e. The second-order valence-corrected chi connectivity index (χ2v) is 10.5. The second-order valence-electron chi connectivity index (χ2n) is 8.72. The lowest BCUT2D eigenvalue weighted by Crippen LogP contribution is -2.45. The molecule has 3 rings (SSSR count). The van der Waals surface area contributed by atoms with Gasteiger partial charge in [-0.3, -0.25) is 9.69 Å². The number of hydrogen-bond donors (Lipinski definition) is 2. The van der Waals surface area contributed by atoms with Crippen molar-refractivity contribution in [1.82, 2.24) is 14.9 Å². The van der Waals surface area contributed by atoms with Crippen molar-refractivity contribution in [3.05, 3.63) is 29.8 Å². The van der Waals surface area contributed by atoms with Crippen LogP contribution >= 0.6 is 0 Å². The molecule has 2 N–H and O–H groups in total. The van der Waals surface area contributed by atoms with Gasteiger partial charge in [0.2, 0.25) is 15.9 Å². The number of sulfonamides is 1. The Bertz CT molecular complexity index is 758. The van der Waals surface area contributed by atoms with Gasteiger partial charge in [-0.2, -0.15) is 0 Å². The third-order valence-corrected chi connectivity index (χ3v) is 7.62. The van der Waals surface area contributed by atoms with Gasteiger partial charge in [-0.15, -0.1) is 0 Å². The molecule has 1 aromatic rings. The van der Waals surface area contributed by atoms with Gasteiger partial charge in [-0.05, 0) is 63.1 Å². The molecule has 6 nitrogen and oxygen atoms in total. The molecule has 1 aromatic carbocycles. The molecule has 1 saturated carbocycles. The van der Waals surface area contributed by atoms with Crippen molar-refractivity contribution in [3.8, 4) is 0 Å². The first-order chi connectivity index (χ1) is 13.9. The fraction of sp³-hybridized carbons (Fsp3) is 0.682. The Morgan fingerprint density at radius 3 is 2.41 bits per heavy atom. The molecule has 7 heteroatoms. The number of carbonyl (C=O) groups excluding carboxylic acids is 1. The van der Waals surface area contributed by atoms with E-state index in [4.69, 9.17) is 0 Å². The van der Waals surface area contributed by atoms with Gasteiger partial charge >= 0.3 is 0 Å². The smallest absolute Gasteiger partial charge is 0.240 e. The maximum absolute atomic E-state index is 12.5. The highest BCUT2D eigenvalue weighted by atomic mass is 32.2. The summed E-state index contributed by atoms with van der Waals surface area (Å²) >= 11 is 0. The van der Waals surface area contributed by atoms with E-state index >= 15 is 0 Å². The lowest BCUT2D eigenvalue weighted by atomic mass is 9.89. The number of nitrogens with zero attached hydrogens (tertiary/aromatic N) is 1. The molecular weight excluding hydrogens is 386 g/mol. The van der Waals surface area contributed by atoms with Crippen molar-refractivity contribution in [2.75, 3.05) is 32.7 Å². The monoisotopic (exact) mass is 421 g/mol. The van der Waals surface area contributed by atoms with Crippen molar-refractivity contribution < 1.29 is 13.2 Å². The first-order valence-corrected chi connectivity index (χ1v) is 12.5. The van der Waals surface area contributed by atoms with Gasteiger partial charge < -0.3 is 5.32 Å². The quantitative estimate of drug-likeness (QED) is 0.676. The van der Waals surface area contributed by atoms with Gasteiger partial charge in [0, 0.05) is 19.6 Å². The minimum absolute atomic E-state index is 0.0939. The number of hydrogen-bond acceptors (Lipinski definition) is 4. The zero-order chi connectivity index (χ0) is 20.7. The highest BCUT2D eigenvalue weighted by Gasteiger charge is 2.24. The maximum atomic E-state index is 12.5. The molecule has 0 bridgehead atoms. The van der Waals surface area contributed by atoms with Crippen molar-refractivity contribution >= 4 is 15.9 Å². The summed E-state index contributed by atoms with van der Waals surface area (Å²) in [5.74, 6) is 0.963. The third-order valence-electron chi connectivity index (χ3n) is 6.18. The van der Waals surface area contributed by atoms with Crippen LogP contribution in [0.2, 0.25) is 0 Å². The maximum Gasteiger partial charge on any atom is 0.240 e. The Morgan fingerprint density at radius 1 is 1.00 bits per heavy atom. The van der Waals surface area contributed by atoms with Gasteiger partial charge in [0.15, 0.2) is 0 Å². The molecule has 1 aliphatic heterocycles. The molecule has 2 fully saturated rings. The first kappa shape index (κ1) is 22.2. The molecule has 1 saturated heterocycles. The van der Waals surface area contributed by atoms with Crippen LogP contribution in [0.15, 0.2) is 29.2 Å². The van der Waals surface area contributed by atoms with E-state index in [0.29, 0.717) is 23.9 Å². The molecule has 1 aliphatic carbocycles. The van der Waals surface area contributed by atoms with Crippen LogP contribution < -0.4 is 10.0 Å². The Labute approximate surface area is 175 Å². The van der Waals surface area contributed by atoms with Gasteiger partial charge in [-0.25, -0.2) is 13.1 Å². The Hall–Kier alpha value is -1.44. The molecule has 1 atom stereocenters. The molecule has 29 heavy (non-hydrogen) atoms. The molecule has 0 unspecified atom stereocenters. The van der Waals surface area contributed by atoms with Crippen LogP contribution in [-0.2, 0) is 14.8 Å². The number of carbonyl (C=O) groups is 1. The van der Waals surface area contributed by atoms with Crippen LogP contribution in [0.3, 0.4) is 0 Å². The zero-order valence-corrected chi connectivity index (χ0v) is 18.3. The number of amides is 1. The van der Waals surface area contributed by atoms with Crippen LogP contribution in [-0.4, -0.2) is 51.9 Å².